The molecule has 0 saturated heterocycles. The van der Waals surface area contributed by atoms with Crippen LogP contribution in [0.25, 0.3) is 0 Å². The number of alkyl halides is 2. The number of Topliss-reactive ketones (excluding diaryl/α,β-unsaturated/α-hetero) is 1. The Morgan fingerprint density at radius 1 is 1.67 bits per heavy atom. The second-order valence-electron chi connectivity index (χ2n) is 3.72. The van der Waals surface area contributed by atoms with Crippen molar-refractivity contribution in [3.8, 4) is 0 Å². The first-order valence-corrected chi connectivity index (χ1v) is 4.83. The summed E-state index contributed by atoms with van der Waals surface area (Å²) in [7, 11) is 0. The van der Waals surface area contributed by atoms with Gasteiger partial charge in [-0.25, -0.2) is 18.4 Å². The molecule has 1 saturated carbocycles. The van der Waals surface area contributed by atoms with Crippen molar-refractivity contribution in [2.45, 2.75) is 32.2 Å². The van der Waals surface area contributed by atoms with Crippen LogP contribution >= 0.6 is 0 Å². The summed E-state index contributed by atoms with van der Waals surface area (Å²) in [6, 6.07) is 0. The quantitative estimate of drug-likeness (QED) is 0.718. The van der Waals surface area contributed by atoms with Crippen molar-refractivity contribution in [1.29, 1.82) is 0 Å². The van der Waals surface area contributed by atoms with Crippen LogP contribution in [0.5, 0.6) is 0 Å². The molecule has 0 unspecified atom stereocenters. The maximum atomic E-state index is 12.6. The van der Waals surface area contributed by atoms with Gasteiger partial charge in [0, 0.05) is 25.3 Å². The molecule has 1 aromatic heterocycles. The highest BCUT2D eigenvalue weighted by Gasteiger charge is 2.49. The van der Waals surface area contributed by atoms with Crippen molar-refractivity contribution in [3.05, 3.63) is 12.2 Å². The largest absolute Gasteiger partial charge is 0.290 e. The van der Waals surface area contributed by atoms with Gasteiger partial charge >= 0.3 is 0 Å². The van der Waals surface area contributed by atoms with E-state index < -0.39 is 11.8 Å². The van der Waals surface area contributed by atoms with Crippen LogP contribution in [0, 0.1) is 5.92 Å². The first-order chi connectivity index (χ1) is 7.03. The fourth-order valence-electron chi connectivity index (χ4n) is 1.72. The van der Waals surface area contributed by atoms with Gasteiger partial charge in [0.1, 0.15) is 6.33 Å². The fraction of sp³-hybridized carbons (Fsp3) is 0.667. The van der Waals surface area contributed by atoms with Crippen LogP contribution in [0.4, 0.5) is 8.78 Å². The van der Waals surface area contributed by atoms with E-state index in [1.165, 1.54) is 11.0 Å². The third-order valence-corrected chi connectivity index (χ3v) is 2.60. The van der Waals surface area contributed by atoms with Crippen LogP contribution in [0.2, 0.25) is 0 Å². The second-order valence-corrected chi connectivity index (χ2v) is 3.72. The zero-order valence-electron chi connectivity index (χ0n) is 8.28. The van der Waals surface area contributed by atoms with Crippen molar-refractivity contribution in [2.24, 2.45) is 5.92 Å². The van der Waals surface area contributed by atoms with E-state index in [0.717, 1.165) is 0 Å². The van der Waals surface area contributed by atoms with Gasteiger partial charge in [-0.3, -0.25) is 4.79 Å². The van der Waals surface area contributed by atoms with E-state index in [1.807, 2.05) is 6.92 Å². The number of carbonyl (C=O) groups is 1. The van der Waals surface area contributed by atoms with Crippen molar-refractivity contribution in [2.75, 3.05) is 0 Å². The first-order valence-electron chi connectivity index (χ1n) is 4.83. The topological polar surface area (TPSA) is 47.8 Å². The minimum absolute atomic E-state index is 0.193. The molecule has 2 rings (SSSR count). The molecule has 1 aliphatic carbocycles. The van der Waals surface area contributed by atoms with Gasteiger partial charge in [0.25, 0.3) is 0 Å². The molecule has 4 nitrogen and oxygen atoms in total. The van der Waals surface area contributed by atoms with Gasteiger partial charge in [0.05, 0.1) is 0 Å². The Morgan fingerprint density at radius 2 is 2.33 bits per heavy atom. The van der Waals surface area contributed by atoms with E-state index in [9.17, 15) is 13.6 Å². The average molecular weight is 215 g/mol. The smallest absolute Gasteiger partial charge is 0.249 e. The van der Waals surface area contributed by atoms with Gasteiger partial charge in [-0.2, -0.15) is 5.10 Å². The number of aromatic nitrogens is 3. The predicted octanol–water partition coefficient (Wildman–Crippen LogP) is 1.53. The molecule has 0 bridgehead atoms. The molecule has 0 amide bonds. The Morgan fingerprint density at radius 3 is 2.87 bits per heavy atom. The molecule has 1 aromatic rings. The number of aryl methyl sites for hydroxylation is 1. The number of hydrogen-bond donors (Lipinski definition) is 0. The normalized spacial score (nSPS) is 19.9. The van der Waals surface area contributed by atoms with Crippen LogP contribution in [-0.2, 0) is 6.54 Å². The molecule has 6 heteroatoms. The lowest BCUT2D eigenvalue weighted by Crippen LogP contribution is -2.40. The summed E-state index contributed by atoms with van der Waals surface area (Å²) in [5.74, 6) is -3.38. The SMILES string of the molecule is CCn1ncnc1C(=O)C1CC(F)(F)C1. The highest BCUT2D eigenvalue weighted by molar-refractivity contribution is 5.95. The molecule has 1 fully saturated rings. The number of ketones is 1. The molecule has 0 N–H and O–H groups in total. The molecule has 1 aliphatic rings. The van der Waals surface area contributed by atoms with E-state index in [-0.39, 0.29) is 24.4 Å². The lowest BCUT2D eigenvalue weighted by Gasteiger charge is -2.33. The Labute approximate surface area is 85.3 Å². The number of hydrogen-bond acceptors (Lipinski definition) is 3. The zero-order chi connectivity index (χ0) is 11.1. The van der Waals surface area contributed by atoms with Crippen molar-refractivity contribution < 1.29 is 13.6 Å². The molecular formula is C9H11F2N3O. The first kappa shape index (κ1) is 10.2. The van der Waals surface area contributed by atoms with Gasteiger partial charge in [0.2, 0.25) is 11.7 Å². The molecular weight excluding hydrogens is 204 g/mol. The van der Waals surface area contributed by atoms with E-state index in [4.69, 9.17) is 0 Å². The number of carbonyl (C=O) groups excluding carboxylic acids is 1. The lowest BCUT2D eigenvalue weighted by molar-refractivity contribution is -0.0984. The second kappa shape index (κ2) is 3.36. The average Bonchev–Trinajstić information content (AvgIpc) is 2.60. The van der Waals surface area contributed by atoms with E-state index in [0.29, 0.717) is 6.54 Å². The highest BCUT2D eigenvalue weighted by Crippen LogP contribution is 2.43. The summed E-state index contributed by atoms with van der Waals surface area (Å²) in [6.45, 7) is 2.34. The van der Waals surface area contributed by atoms with Gasteiger partial charge in [0.15, 0.2) is 5.82 Å². The molecule has 0 aliphatic heterocycles. The molecule has 0 spiro atoms. The Bertz CT molecular complexity index is 380. The molecule has 82 valence electrons. The summed E-state index contributed by atoms with van der Waals surface area (Å²) in [6.07, 6.45) is 0.554. The maximum Gasteiger partial charge on any atom is 0.249 e. The Hall–Kier alpha value is -1.33. The third kappa shape index (κ3) is 1.75. The number of nitrogens with zero attached hydrogens (tertiary/aromatic N) is 3. The van der Waals surface area contributed by atoms with E-state index >= 15 is 0 Å². The van der Waals surface area contributed by atoms with E-state index in [2.05, 4.69) is 10.1 Å². The number of rotatable bonds is 3. The summed E-state index contributed by atoms with van der Waals surface area (Å²) < 4.78 is 26.6. The summed E-state index contributed by atoms with van der Waals surface area (Å²) in [4.78, 5) is 15.5. The molecule has 0 radical (unpaired) electrons. The van der Waals surface area contributed by atoms with Gasteiger partial charge in [-0.05, 0) is 6.92 Å². The Kier molecular flexibility index (Phi) is 2.28. The summed E-state index contributed by atoms with van der Waals surface area (Å²) >= 11 is 0. The monoisotopic (exact) mass is 215 g/mol. The van der Waals surface area contributed by atoms with Crippen LogP contribution in [0.15, 0.2) is 6.33 Å². The van der Waals surface area contributed by atoms with Gasteiger partial charge in [-0.1, -0.05) is 0 Å². The third-order valence-electron chi connectivity index (χ3n) is 2.60. The molecule has 0 aromatic carbocycles. The minimum Gasteiger partial charge on any atom is -0.290 e. The lowest BCUT2D eigenvalue weighted by atomic mass is 9.78. The molecule has 1 heterocycles. The van der Waals surface area contributed by atoms with Crippen LogP contribution in [0.1, 0.15) is 30.4 Å². The minimum atomic E-state index is -2.67. The van der Waals surface area contributed by atoms with Crippen LogP contribution in [0.3, 0.4) is 0 Å². The van der Waals surface area contributed by atoms with Crippen molar-refractivity contribution in [1.82, 2.24) is 14.8 Å². The number of halogens is 2. The molecule has 0 atom stereocenters. The van der Waals surface area contributed by atoms with Crippen molar-refractivity contribution >= 4 is 5.78 Å². The summed E-state index contributed by atoms with van der Waals surface area (Å²) in [5.41, 5.74) is 0. The van der Waals surface area contributed by atoms with E-state index in [1.54, 1.807) is 0 Å². The van der Waals surface area contributed by atoms with Crippen LogP contribution in [-0.4, -0.2) is 26.5 Å². The Balaban J connectivity index is 2.10. The maximum absolute atomic E-state index is 12.6. The predicted molar refractivity (Wildman–Crippen MR) is 47.7 cm³/mol. The highest BCUT2D eigenvalue weighted by atomic mass is 19.3. The molecule has 15 heavy (non-hydrogen) atoms. The van der Waals surface area contributed by atoms with Gasteiger partial charge in [-0.15, -0.1) is 0 Å². The fourth-order valence-corrected chi connectivity index (χ4v) is 1.72. The van der Waals surface area contributed by atoms with Crippen molar-refractivity contribution in [3.63, 3.8) is 0 Å². The standard InChI is InChI=1S/C9H11F2N3O/c1-2-14-8(12-5-13-14)7(15)6-3-9(10,11)4-6/h5-6H,2-4H2,1H3. The van der Waals surface area contributed by atoms with Crippen LogP contribution < -0.4 is 0 Å². The zero-order valence-corrected chi connectivity index (χ0v) is 8.28. The van der Waals surface area contributed by atoms with Gasteiger partial charge < -0.3 is 0 Å². The summed E-state index contributed by atoms with van der Waals surface area (Å²) in [5, 5.41) is 3.83.